The Morgan fingerprint density at radius 3 is 2.44 bits per heavy atom. The second-order valence-corrected chi connectivity index (χ2v) is 10.7. The molecule has 0 atom stereocenters. The van der Waals surface area contributed by atoms with E-state index in [4.69, 9.17) is 19.7 Å². The maximum absolute atomic E-state index is 13.3. The summed E-state index contributed by atoms with van der Waals surface area (Å²) in [6, 6.07) is 16.2. The van der Waals surface area contributed by atoms with E-state index in [2.05, 4.69) is 9.71 Å². The van der Waals surface area contributed by atoms with Gasteiger partial charge in [0.15, 0.2) is 11.5 Å². The molecule has 0 radical (unpaired) electrons. The Bertz CT molecular complexity index is 1390. The second-order valence-electron chi connectivity index (χ2n) is 8.97. The number of benzene rings is 2. The number of hydrogen-bond donors (Lipinski definition) is 3. The van der Waals surface area contributed by atoms with Crippen molar-refractivity contribution in [2.75, 3.05) is 20.0 Å². The Hall–Kier alpha value is -3.31. The number of ether oxygens (including phenoxy) is 2. The third kappa shape index (κ3) is 4.72. The molecule has 1 aromatic heterocycles. The molecule has 5 rings (SSSR count). The van der Waals surface area contributed by atoms with Gasteiger partial charge in [0, 0.05) is 19.1 Å². The van der Waals surface area contributed by atoms with Crippen molar-refractivity contribution in [1.82, 2.24) is 9.71 Å². The normalized spacial score (nSPS) is 15.8. The first-order valence-corrected chi connectivity index (χ1v) is 13.1. The van der Waals surface area contributed by atoms with Gasteiger partial charge < -0.3 is 19.7 Å². The van der Waals surface area contributed by atoms with Crippen LogP contribution in [0.2, 0.25) is 0 Å². The van der Waals surface area contributed by atoms with Crippen molar-refractivity contribution in [2.45, 2.75) is 35.6 Å². The van der Waals surface area contributed by atoms with Gasteiger partial charge in [-0.3, -0.25) is 9.78 Å². The summed E-state index contributed by atoms with van der Waals surface area (Å²) in [4.78, 5) is 18.0. The third-order valence-corrected chi connectivity index (χ3v) is 8.12. The van der Waals surface area contributed by atoms with Crippen LogP contribution in [0.4, 0.5) is 0 Å². The van der Waals surface area contributed by atoms with E-state index in [1.165, 1.54) is 12.1 Å². The summed E-state index contributed by atoms with van der Waals surface area (Å²) < 4.78 is 38.0. The SMILES string of the molecule is O=C(Cc1cccc(-c2ccc(S(=O)(=O)NC(CO)CO)cc2)n1)C1(c2ccc3c(c2)OCO3)CC1.[HH]. The molecule has 2 aliphatic rings. The lowest BCUT2D eigenvalue weighted by atomic mass is 9.88. The number of aliphatic hydroxyl groups excluding tert-OH is 2. The number of Topliss-reactive ketones (excluding diaryl/α,β-unsaturated/α-hetero) is 1. The smallest absolute Gasteiger partial charge is 0.240 e. The Balaban J connectivity index is 0.00000320. The summed E-state index contributed by atoms with van der Waals surface area (Å²) in [5.74, 6) is 1.45. The Morgan fingerprint density at radius 2 is 1.75 bits per heavy atom. The molecular weight excluding hydrogens is 484 g/mol. The van der Waals surface area contributed by atoms with Crippen LogP contribution in [0.15, 0.2) is 65.6 Å². The fraction of sp³-hybridized carbons (Fsp3) is 0.308. The quantitative estimate of drug-likeness (QED) is 0.376. The van der Waals surface area contributed by atoms with E-state index in [9.17, 15) is 13.2 Å². The molecule has 2 aromatic carbocycles. The van der Waals surface area contributed by atoms with Crippen molar-refractivity contribution < 1.29 is 34.3 Å². The average molecular weight is 513 g/mol. The maximum atomic E-state index is 13.3. The maximum Gasteiger partial charge on any atom is 0.240 e. The van der Waals surface area contributed by atoms with E-state index >= 15 is 0 Å². The van der Waals surface area contributed by atoms with Gasteiger partial charge in [0.2, 0.25) is 16.8 Å². The zero-order chi connectivity index (χ0) is 25.3. The lowest BCUT2D eigenvalue weighted by Crippen LogP contribution is -2.39. The molecule has 0 amide bonds. The molecule has 0 spiro atoms. The highest BCUT2D eigenvalue weighted by atomic mass is 32.2. The third-order valence-electron chi connectivity index (χ3n) is 6.58. The molecule has 0 saturated heterocycles. The van der Waals surface area contributed by atoms with E-state index in [0.29, 0.717) is 28.5 Å². The van der Waals surface area contributed by atoms with Crippen molar-refractivity contribution >= 4 is 15.8 Å². The minimum atomic E-state index is -3.90. The van der Waals surface area contributed by atoms with Gasteiger partial charge in [-0.15, -0.1) is 0 Å². The molecule has 36 heavy (non-hydrogen) atoms. The highest BCUT2D eigenvalue weighted by molar-refractivity contribution is 7.89. The zero-order valence-electron chi connectivity index (χ0n) is 19.4. The fourth-order valence-corrected chi connectivity index (χ4v) is 5.56. The number of carbonyl (C=O) groups excluding carboxylic acids is 1. The highest BCUT2D eigenvalue weighted by Gasteiger charge is 2.51. The molecule has 3 aromatic rings. The van der Waals surface area contributed by atoms with Crippen molar-refractivity contribution in [3.63, 3.8) is 0 Å². The molecular formula is C26H28N2O7S. The lowest BCUT2D eigenvalue weighted by molar-refractivity contribution is -0.120. The van der Waals surface area contributed by atoms with Gasteiger partial charge in [0.1, 0.15) is 5.78 Å². The van der Waals surface area contributed by atoms with Crippen LogP contribution in [0, 0.1) is 0 Å². The fourth-order valence-electron chi connectivity index (χ4n) is 4.34. The number of aromatic nitrogens is 1. The number of carbonyl (C=O) groups is 1. The molecule has 1 fully saturated rings. The van der Waals surface area contributed by atoms with Crippen LogP contribution < -0.4 is 14.2 Å². The summed E-state index contributed by atoms with van der Waals surface area (Å²) >= 11 is 0. The van der Waals surface area contributed by atoms with Crippen molar-refractivity contribution in [2.24, 2.45) is 0 Å². The number of sulfonamides is 1. The van der Waals surface area contributed by atoms with Crippen LogP contribution in [0.5, 0.6) is 11.5 Å². The first-order valence-electron chi connectivity index (χ1n) is 11.6. The summed E-state index contributed by atoms with van der Waals surface area (Å²) in [6.45, 7) is -0.843. The summed E-state index contributed by atoms with van der Waals surface area (Å²) in [5, 5.41) is 18.3. The van der Waals surface area contributed by atoms with Gasteiger partial charge in [0.05, 0.1) is 35.3 Å². The van der Waals surface area contributed by atoms with E-state index < -0.39 is 34.7 Å². The number of fused-ring (bicyclic) bond motifs is 1. The van der Waals surface area contributed by atoms with Crippen molar-refractivity contribution in [1.29, 1.82) is 0 Å². The minimum absolute atomic E-state index is 0. The number of nitrogens with zero attached hydrogens (tertiary/aromatic N) is 1. The molecule has 10 heteroatoms. The number of pyridine rings is 1. The predicted octanol–water partition coefficient (Wildman–Crippen LogP) is 2.20. The van der Waals surface area contributed by atoms with Crippen LogP contribution in [0.25, 0.3) is 11.3 Å². The number of aliphatic hydroxyl groups is 2. The second kappa shape index (κ2) is 9.62. The average Bonchev–Trinajstić information content (AvgIpc) is 3.58. The van der Waals surface area contributed by atoms with Crippen LogP contribution in [-0.2, 0) is 26.7 Å². The highest BCUT2D eigenvalue weighted by Crippen LogP contribution is 2.51. The van der Waals surface area contributed by atoms with Crippen LogP contribution in [-0.4, -0.2) is 55.4 Å². The number of rotatable bonds is 10. The lowest BCUT2D eigenvalue weighted by Gasteiger charge is -2.15. The van der Waals surface area contributed by atoms with Gasteiger partial charge in [0.25, 0.3) is 0 Å². The first-order chi connectivity index (χ1) is 17.3. The van der Waals surface area contributed by atoms with Crippen LogP contribution in [0.3, 0.4) is 0 Å². The number of hydrogen-bond acceptors (Lipinski definition) is 8. The van der Waals surface area contributed by atoms with E-state index in [1.807, 2.05) is 30.3 Å². The van der Waals surface area contributed by atoms with Crippen LogP contribution in [0.1, 0.15) is 25.5 Å². The van der Waals surface area contributed by atoms with E-state index in [1.54, 1.807) is 18.2 Å². The van der Waals surface area contributed by atoms with Gasteiger partial charge in [-0.05, 0) is 54.8 Å². The van der Waals surface area contributed by atoms with Gasteiger partial charge in [-0.2, -0.15) is 0 Å². The molecule has 9 nitrogen and oxygen atoms in total. The van der Waals surface area contributed by atoms with Gasteiger partial charge >= 0.3 is 0 Å². The first kappa shape index (κ1) is 24.4. The van der Waals surface area contributed by atoms with Gasteiger partial charge in [-0.25, -0.2) is 13.1 Å². The zero-order valence-corrected chi connectivity index (χ0v) is 20.2. The monoisotopic (exact) mass is 512 g/mol. The summed E-state index contributed by atoms with van der Waals surface area (Å²) in [5.41, 5.74) is 2.36. The molecule has 0 bridgehead atoms. The Labute approximate surface area is 210 Å². The van der Waals surface area contributed by atoms with Gasteiger partial charge in [-0.1, -0.05) is 24.3 Å². The van der Waals surface area contributed by atoms with Crippen LogP contribution >= 0.6 is 0 Å². The number of nitrogens with one attached hydrogen (secondary N) is 1. The standard InChI is InChI=1S/C26H26N2O7S.H2/c29-14-20(15-30)28-36(32,33)21-7-4-17(5-8-21)22-3-1-2-19(27-22)13-25(31)26(10-11-26)18-6-9-23-24(12-18)35-16-34-23;/h1-9,12,20,28-30H,10-11,13-16H2;1H. The molecule has 1 aliphatic carbocycles. The van der Waals surface area contributed by atoms with E-state index in [0.717, 1.165) is 18.4 Å². The Kier molecular flexibility index (Phi) is 6.52. The molecule has 3 N–H and O–H groups in total. The Morgan fingerprint density at radius 1 is 1.03 bits per heavy atom. The van der Waals surface area contributed by atoms with E-state index in [-0.39, 0.29) is 25.3 Å². The minimum Gasteiger partial charge on any atom is -0.454 e. The largest absolute Gasteiger partial charge is 0.454 e. The predicted molar refractivity (Wildman–Crippen MR) is 132 cm³/mol. The summed E-state index contributed by atoms with van der Waals surface area (Å²) in [7, 11) is -3.90. The van der Waals surface area contributed by atoms with Crippen molar-refractivity contribution in [3.8, 4) is 22.8 Å². The molecule has 190 valence electrons. The number of ketones is 1. The molecule has 1 saturated carbocycles. The molecule has 1 aliphatic heterocycles. The van der Waals surface area contributed by atoms with Crippen molar-refractivity contribution in [3.05, 3.63) is 71.9 Å². The molecule has 2 heterocycles. The topological polar surface area (TPSA) is 135 Å². The summed E-state index contributed by atoms with van der Waals surface area (Å²) in [6.07, 6.45) is 1.74. The molecule has 0 unspecified atom stereocenters.